The van der Waals surface area contributed by atoms with Crippen LogP contribution < -0.4 is 10.6 Å². The molecule has 9 nitrogen and oxygen atoms in total. The van der Waals surface area contributed by atoms with Gasteiger partial charge in [0.1, 0.15) is 12.1 Å². The topological polar surface area (TPSA) is 113 Å². The van der Waals surface area contributed by atoms with Gasteiger partial charge in [-0.05, 0) is 50.2 Å². The Balaban J connectivity index is 1.75. The van der Waals surface area contributed by atoms with Gasteiger partial charge in [0.25, 0.3) is 5.69 Å². The van der Waals surface area contributed by atoms with Gasteiger partial charge >= 0.3 is 0 Å². The first-order valence-corrected chi connectivity index (χ1v) is 10.8. The number of benzene rings is 2. The zero-order valence-corrected chi connectivity index (χ0v) is 18.7. The molecule has 0 saturated carbocycles. The van der Waals surface area contributed by atoms with Crippen molar-refractivity contribution in [1.29, 1.82) is 0 Å². The molecule has 10 heteroatoms. The molecule has 0 radical (unpaired) electrons. The maximum Gasteiger partial charge on any atom is 0.270 e. The van der Waals surface area contributed by atoms with Gasteiger partial charge in [-0.3, -0.25) is 19.8 Å². The molecule has 0 bridgehead atoms. The van der Waals surface area contributed by atoms with Crippen LogP contribution in [0.3, 0.4) is 0 Å². The Hall–Kier alpha value is -3.30. The lowest BCUT2D eigenvalue weighted by Gasteiger charge is -2.20. The fraction of sp³-hybridized carbons (Fsp3) is 0.318. The molecular formula is C22H25ClN6O3. The minimum atomic E-state index is -0.466. The number of rotatable bonds is 10. The van der Waals surface area contributed by atoms with E-state index in [1.807, 2.05) is 0 Å². The summed E-state index contributed by atoms with van der Waals surface area (Å²) in [5.41, 5.74) is 1.66. The molecule has 0 unspecified atom stereocenters. The summed E-state index contributed by atoms with van der Waals surface area (Å²) in [7, 11) is 0. The maximum absolute atomic E-state index is 12.4. The Morgan fingerprint density at radius 1 is 1.12 bits per heavy atom. The Kier molecular flexibility index (Phi) is 7.91. The summed E-state index contributed by atoms with van der Waals surface area (Å²) in [6.07, 6.45) is 3.34. The average molecular weight is 457 g/mol. The molecule has 3 rings (SSSR count). The number of nitrogens with one attached hydrogen (secondary N) is 2. The van der Waals surface area contributed by atoms with Crippen LogP contribution in [-0.4, -0.2) is 45.3 Å². The first-order chi connectivity index (χ1) is 15.4. The van der Waals surface area contributed by atoms with E-state index in [2.05, 4.69) is 39.3 Å². The standard InChI is InChI=1S/C22H25ClN6O3/c1-3-9-28(10-4-2)13-21(30)27-20-7-5-15(11-18(20)23)26-22-17-12-16(29(31)32)6-8-19(17)24-14-25-22/h5-8,11-12,14H,3-4,9-10,13H2,1-2H3,(H,27,30)(H,24,25,26). The van der Waals surface area contributed by atoms with E-state index in [-0.39, 0.29) is 11.6 Å². The number of aromatic nitrogens is 2. The number of nitro groups is 1. The maximum atomic E-state index is 12.4. The van der Waals surface area contributed by atoms with Crippen LogP contribution in [0.15, 0.2) is 42.7 Å². The molecule has 2 N–H and O–H groups in total. The molecule has 1 aromatic heterocycles. The number of carbonyl (C=O) groups excluding carboxylic acids is 1. The largest absolute Gasteiger partial charge is 0.340 e. The van der Waals surface area contributed by atoms with E-state index in [9.17, 15) is 14.9 Å². The molecule has 32 heavy (non-hydrogen) atoms. The van der Waals surface area contributed by atoms with E-state index in [1.54, 1.807) is 24.3 Å². The van der Waals surface area contributed by atoms with Gasteiger partial charge in [-0.1, -0.05) is 25.4 Å². The molecule has 168 valence electrons. The van der Waals surface area contributed by atoms with Crippen molar-refractivity contribution in [3.05, 3.63) is 57.9 Å². The van der Waals surface area contributed by atoms with Gasteiger partial charge in [0.2, 0.25) is 5.91 Å². The van der Waals surface area contributed by atoms with Crippen LogP contribution in [0, 0.1) is 10.1 Å². The molecule has 3 aromatic rings. The van der Waals surface area contributed by atoms with Gasteiger partial charge in [-0.25, -0.2) is 9.97 Å². The number of halogens is 1. The average Bonchev–Trinajstić information content (AvgIpc) is 2.76. The van der Waals surface area contributed by atoms with E-state index in [0.717, 1.165) is 25.9 Å². The molecular weight excluding hydrogens is 432 g/mol. The van der Waals surface area contributed by atoms with E-state index < -0.39 is 4.92 Å². The number of fused-ring (bicyclic) bond motifs is 1. The normalized spacial score (nSPS) is 11.0. The van der Waals surface area contributed by atoms with E-state index in [1.165, 1.54) is 18.5 Å². The van der Waals surface area contributed by atoms with Crippen molar-refractivity contribution < 1.29 is 9.72 Å². The van der Waals surface area contributed by atoms with Crippen molar-refractivity contribution in [1.82, 2.24) is 14.9 Å². The van der Waals surface area contributed by atoms with Crippen molar-refractivity contribution in [3.63, 3.8) is 0 Å². The number of nitro benzene ring substituents is 1. The quantitative estimate of drug-likeness (QED) is 0.326. The van der Waals surface area contributed by atoms with Crippen molar-refractivity contribution >= 4 is 51.3 Å². The molecule has 2 aromatic carbocycles. The molecule has 1 heterocycles. The molecule has 0 aliphatic heterocycles. The van der Waals surface area contributed by atoms with Crippen molar-refractivity contribution in [2.24, 2.45) is 0 Å². The SMILES string of the molecule is CCCN(CCC)CC(=O)Nc1ccc(Nc2ncnc3ccc([N+](=O)[O-])cc23)cc1Cl. The van der Waals surface area contributed by atoms with Gasteiger partial charge in [0.15, 0.2) is 0 Å². The van der Waals surface area contributed by atoms with E-state index in [4.69, 9.17) is 11.6 Å². The fourth-order valence-corrected chi connectivity index (χ4v) is 3.61. The minimum absolute atomic E-state index is 0.0494. The van der Waals surface area contributed by atoms with Gasteiger partial charge in [-0.15, -0.1) is 0 Å². The number of amides is 1. The van der Waals surface area contributed by atoms with Crippen LogP contribution in [0.2, 0.25) is 5.02 Å². The first-order valence-electron chi connectivity index (χ1n) is 10.4. The first kappa shape index (κ1) is 23.4. The predicted molar refractivity (Wildman–Crippen MR) is 127 cm³/mol. The van der Waals surface area contributed by atoms with Crippen LogP contribution in [0.25, 0.3) is 10.9 Å². The molecule has 1 amide bonds. The van der Waals surface area contributed by atoms with Crippen LogP contribution in [0.1, 0.15) is 26.7 Å². The summed E-state index contributed by atoms with van der Waals surface area (Å²) < 4.78 is 0. The van der Waals surface area contributed by atoms with E-state index >= 15 is 0 Å². The monoisotopic (exact) mass is 456 g/mol. The second-order valence-electron chi connectivity index (χ2n) is 7.32. The lowest BCUT2D eigenvalue weighted by molar-refractivity contribution is -0.384. The fourth-order valence-electron chi connectivity index (χ4n) is 3.38. The van der Waals surface area contributed by atoms with Crippen LogP contribution in [0.4, 0.5) is 22.9 Å². The Morgan fingerprint density at radius 3 is 2.53 bits per heavy atom. The summed E-state index contributed by atoms with van der Waals surface area (Å²) in [6.45, 7) is 6.21. The Morgan fingerprint density at radius 2 is 1.88 bits per heavy atom. The summed E-state index contributed by atoms with van der Waals surface area (Å²) in [5.74, 6) is 0.296. The van der Waals surface area contributed by atoms with Gasteiger partial charge in [0, 0.05) is 23.2 Å². The van der Waals surface area contributed by atoms with Crippen LogP contribution in [0.5, 0.6) is 0 Å². The molecule has 0 aliphatic carbocycles. The predicted octanol–water partition coefficient (Wildman–Crippen LogP) is 5.00. The zero-order chi connectivity index (χ0) is 23.1. The summed E-state index contributed by atoms with van der Waals surface area (Å²) in [4.78, 5) is 33.5. The van der Waals surface area contributed by atoms with Crippen LogP contribution >= 0.6 is 11.6 Å². The second-order valence-corrected chi connectivity index (χ2v) is 7.73. The lowest BCUT2D eigenvalue weighted by Crippen LogP contribution is -2.34. The highest BCUT2D eigenvalue weighted by atomic mass is 35.5. The number of non-ortho nitro benzene ring substituents is 1. The smallest absolute Gasteiger partial charge is 0.270 e. The van der Waals surface area contributed by atoms with Crippen LogP contribution in [-0.2, 0) is 4.79 Å². The van der Waals surface area contributed by atoms with Crippen molar-refractivity contribution in [2.75, 3.05) is 30.3 Å². The number of anilines is 3. The summed E-state index contributed by atoms with van der Waals surface area (Å²) in [6, 6.07) is 9.52. The van der Waals surface area contributed by atoms with Crippen molar-refractivity contribution in [2.45, 2.75) is 26.7 Å². The molecule has 0 atom stereocenters. The number of hydrogen-bond acceptors (Lipinski definition) is 7. The number of nitrogens with zero attached hydrogens (tertiary/aromatic N) is 4. The second kappa shape index (κ2) is 10.8. The van der Waals surface area contributed by atoms with Gasteiger partial charge in [-0.2, -0.15) is 0 Å². The van der Waals surface area contributed by atoms with Gasteiger partial charge < -0.3 is 10.6 Å². The summed E-state index contributed by atoms with van der Waals surface area (Å²) in [5, 5.41) is 18.0. The third-order valence-electron chi connectivity index (χ3n) is 4.78. The van der Waals surface area contributed by atoms with Gasteiger partial charge in [0.05, 0.1) is 27.7 Å². The number of carbonyl (C=O) groups is 1. The third kappa shape index (κ3) is 5.89. The third-order valence-corrected chi connectivity index (χ3v) is 5.10. The molecule has 0 aliphatic rings. The number of hydrogen-bond donors (Lipinski definition) is 2. The Labute approximate surface area is 191 Å². The highest BCUT2D eigenvalue weighted by Gasteiger charge is 2.13. The van der Waals surface area contributed by atoms with Crippen molar-refractivity contribution in [3.8, 4) is 0 Å². The molecule has 0 spiro atoms. The lowest BCUT2D eigenvalue weighted by atomic mass is 10.2. The summed E-state index contributed by atoms with van der Waals surface area (Å²) >= 11 is 6.39. The van der Waals surface area contributed by atoms with E-state index in [0.29, 0.717) is 39.7 Å². The minimum Gasteiger partial charge on any atom is -0.340 e. The Bertz CT molecular complexity index is 1120. The highest BCUT2D eigenvalue weighted by molar-refractivity contribution is 6.34. The molecule has 0 saturated heterocycles. The molecule has 0 fully saturated rings. The zero-order valence-electron chi connectivity index (χ0n) is 18.0. The highest BCUT2D eigenvalue weighted by Crippen LogP contribution is 2.30.